The third-order valence-corrected chi connectivity index (χ3v) is 4.84. The summed E-state index contributed by atoms with van der Waals surface area (Å²) in [5.74, 6) is -0.726. The summed E-state index contributed by atoms with van der Waals surface area (Å²) in [5.41, 5.74) is 1.51. The first kappa shape index (κ1) is 21.3. The Morgan fingerprint density at radius 2 is 2.03 bits per heavy atom. The quantitative estimate of drug-likeness (QED) is 0.289. The van der Waals surface area contributed by atoms with Crippen LogP contribution < -0.4 is 10.1 Å². The number of nitro groups is 1. The summed E-state index contributed by atoms with van der Waals surface area (Å²) in [4.78, 5) is 27.7. The smallest absolute Gasteiger partial charge is 0.311 e. The number of hydrogen-bond acceptors (Lipinski definition) is 6. The van der Waals surface area contributed by atoms with Gasteiger partial charge in [-0.1, -0.05) is 11.6 Å². The number of benzene rings is 3. The molecule has 1 N–H and O–H groups in total. The van der Waals surface area contributed by atoms with Crippen LogP contribution in [0.15, 0.2) is 59.0 Å². The first-order valence-corrected chi connectivity index (χ1v) is 9.82. The highest BCUT2D eigenvalue weighted by Gasteiger charge is 2.19. The Labute approximate surface area is 185 Å². The molecule has 0 saturated heterocycles. The van der Waals surface area contributed by atoms with Crippen molar-refractivity contribution >= 4 is 40.0 Å². The number of carbonyl (C=O) groups excluding carboxylic acids is 1. The zero-order valence-electron chi connectivity index (χ0n) is 16.6. The number of nitrogens with zero attached hydrogens (tertiary/aromatic N) is 2. The zero-order valence-corrected chi connectivity index (χ0v) is 17.4. The number of ether oxygens (including phenoxy) is 1. The van der Waals surface area contributed by atoms with Gasteiger partial charge in [0.2, 0.25) is 5.89 Å². The predicted molar refractivity (Wildman–Crippen MR) is 117 cm³/mol. The van der Waals surface area contributed by atoms with Crippen molar-refractivity contribution in [2.75, 3.05) is 11.9 Å². The van der Waals surface area contributed by atoms with E-state index in [-0.39, 0.29) is 34.5 Å². The largest absolute Gasteiger partial charge is 0.487 e. The fourth-order valence-corrected chi connectivity index (χ4v) is 3.31. The van der Waals surface area contributed by atoms with Crippen molar-refractivity contribution in [1.82, 2.24) is 4.98 Å². The minimum Gasteiger partial charge on any atom is -0.487 e. The third-order valence-electron chi connectivity index (χ3n) is 4.52. The standard InChI is InChI=1S/C22H15ClFN3O5/c1-2-31-20-7-3-12(9-18(20)27(29)30)21(28)25-14-5-8-19-17(11-14)26-22(32-19)15-6-4-13(24)10-16(15)23/h3-11H,2H2,1H3,(H,25,28). The number of aromatic nitrogens is 1. The van der Waals surface area contributed by atoms with Crippen molar-refractivity contribution in [2.45, 2.75) is 6.92 Å². The van der Waals surface area contributed by atoms with Crippen molar-refractivity contribution in [1.29, 1.82) is 0 Å². The van der Waals surface area contributed by atoms with Gasteiger partial charge in [-0.05, 0) is 55.5 Å². The van der Waals surface area contributed by atoms with E-state index in [1.165, 1.54) is 24.3 Å². The summed E-state index contributed by atoms with van der Waals surface area (Å²) < 4.78 is 24.2. The average Bonchev–Trinajstić information content (AvgIpc) is 3.17. The second-order valence-corrected chi connectivity index (χ2v) is 7.06. The van der Waals surface area contributed by atoms with Gasteiger partial charge in [0.15, 0.2) is 11.3 Å². The van der Waals surface area contributed by atoms with Crippen LogP contribution in [0.4, 0.5) is 15.8 Å². The molecule has 0 saturated carbocycles. The molecule has 10 heteroatoms. The van der Waals surface area contributed by atoms with Crippen LogP contribution in [0.3, 0.4) is 0 Å². The van der Waals surface area contributed by atoms with Crippen molar-refractivity contribution in [3.8, 4) is 17.2 Å². The molecular formula is C22H15ClFN3O5. The van der Waals surface area contributed by atoms with Gasteiger partial charge in [0.1, 0.15) is 11.3 Å². The lowest BCUT2D eigenvalue weighted by atomic mass is 10.1. The fraction of sp³-hybridized carbons (Fsp3) is 0.0909. The van der Waals surface area contributed by atoms with Crippen molar-refractivity contribution in [2.24, 2.45) is 0 Å². The van der Waals surface area contributed by atoms with E-state index >= 15 is 0 Å². The molecule has 32 heavy (non-hydrogen) atoms. The van der Waals surface area contributed by atoms with Gasteiger partial charge < -0.3 is 14.5 Å². The molecule has 0 fully saturated rings. The van der Waals surface area contributed by atoms with Crippen LogP contribution in [-0.2, 0) is 0 Å². The van der Waals surface area contributed by atoms with E-state index in [1.807, 2.05) is 0 Å². The van der Waals surface area contributed by atoms with Gasteiger partial charge in [-0.15, -0.1) is 0 Å². The van der Waals surface area contributed by atoms with Crippen molar-refractivity contribution in [3.05, 3.63) is 81.1 Å². The molecule has 1 amide bonds. The monoisotopic (exact) mass is 455 g/mol. The summed E-state index contributed by atoms with van der Waals surface area (Å²) in [5, 5.41) is 14.1. The lowest BCUT2D eigenvalue weighted by Gasteiger charge is -2.07. The number of nitro benzene ring substituents is 1. The summed E-state index contributed by atoms with van der Waals surface area (Å²) in [6.07, 6.45) is 0. The molecule has 0 radical (unpaired) electrons. The predicted octanol–water partition coefficient (Wildman–Crippen LogP) is 5.85. The SMILES string of the molecule is CCOc1ccc(C(=O)Nc2ccc3oc(-c4ccc(F)cc4Cl)nc3c2)cc1[N+](=O)[O-]. The topological polar surface area (TPSA) is 108 Å². The number of hydrogen-bond donors (Lipinski definition) is 1. The molecule has 0 aliphatic heterocycles. The zero-order chi connectivity index (χ0) is 22.8. The normalized spacial score (nSPS) is 10.8. The highest BCUT2D eigenvalue weighted by molar-refractivity contribution is 6.33. The van der Waals surface area contributed by atoms with Crippen LogP contribution in [0, 0.1) is 15.9 Å². The first-order chi connectivity index (χ1) is 15.4. The van der Waals surface area contributed by atoms with Gasteiger partial charge >= 0.3 is 5.69 Å². The number of nitrogens with one attached hydrogen (secondary N) is 1. The molecule has 162 valence electrons. The molecular weight excluding hydrogens is 441 g/mol. The Balaban J connectivity index is 1.60. The fourth-order valence-electron chi connectivity index (χ4n) is 3.07. The van der Waals surface area contributed by atoms with Crippen LogP contribution in [-0.4, -0.2) is 22.4 Å². The highest BCUT2D eigenvalue weighted by atomic mass is 35.5. The molecule has 1 heterocycles. The van der Waals surface area contributed by atoms with Crippen LogP contribution in [0.5, 0.6) is 5.75 Å². The Morgan fingerprint density at radius 3 is 2.75 bits per heavy atom. The maximum absolute atomic E-state index is 13.3. The Kier molecular flexibility index (Phi) is 5.74. The molecule has 1 aromatic heterocycles. The second kappa shape index (κ2) is 8.64. The molecule has 0 unspecified atom stereocenters. The summed E-state index contributed by atoms with van der Waals surface area (Å²) in [6, 6.07) is 12.6. The number of amides is 1. The van der Waals surface area contributed by atoms with E-state index in [0.717, 1.165) is 12.1 Å². The van der Waals surface area contributed by atoms with Crippen LogP contribution in [0.2, 0.25) is 5.02 Å². The highest BCUT2D eigenvalue weighted by Crippen LogP contribution is 2.32. The Hall–Kier alpha value is -3.98. The van der Waals surface area contributed by atoms with Crippen molar-refractivity contribution in [3.63, 3.8) is 0 Å². The minimum absolute atomic E-state index is 0.0880. The maximum Gasteiger partial charge on any atom is 0.311 e. The van der Waals surface area contributed by atoms with E-state index in [0.29, 0.717) is 22.4 Å². The van der Waals surface area contributed by atoms with E-state index < -0.39 is 16.6 Å². The molecule has 0 aliphatic carbocycles. The van der Waals surface area contributed by atoms with Crippen LogP contribution in [0.25, 0.3) is 22.6 Å². The summed E-state index contributed by atoms with van der Waals surface area (Å²) in [6.45, 7) is 1.97. The number of oxazole rings is 1. The van der Waals surface area contributed by atoms with Gasteiger partial charge in [0.05, 0.1) is 22.1 Å². The number of fused-ring (bicyclic) bond motifs is 1. The van der Waals surface area contributed by atoms with Gasteiger partial charge in [-0.25, -0.2) is 9.37 Å². The molecule has 0 aliphatic rings. The van der Waals surface area contributed by atoms with Gasteiger partial charge in [0.25, 0.3) is 5.91 Å². The minimum atomic E-state index is -0.606. The lowest BCUT2D eigenvalue weighted by Crippen LogP contribution is -2.12. The van der Waals surface area contributed by atoms with E-state index in [1.54, 1.807) is 25.1 Å². The van der Waals surface area contributed by atoms with E-state index in [2.05, 4.69) is 10.3 Å². The molecule has 8 nitrogen and oxygen atoms in total. The van der Waals surface area contributed by atoms with Crippen LogP contribution >= 0.6 is 11.6 Å². The summed E-state index contributed by atoms with van der Waals surface area (Å²) >= 11 is 6.07. The number of anilines is 1. The second-order valence-electron chi connectivity index (χ2n) is 6.65. The van der Waals surface area contributed by atoms with E-state index in [9.17, 15) is 19.3 Å². The van der Waals surface area contributed by atoms with Gasteiger partial charge in [0, 0.05) is 17.3 Å². The lowest BCUT2D eigenvalue weighted by molar-refractivity contribution is -0.385. The molecule has 0 bridgehead atoms. The molecule has 0 spiro atoms. The molecule has 0 atom stereocenters. The maximum atomic E-state index is 13.3. The van der Waals surface area contributed by atoms with Gasteiger partial charge in [-0.3, -0.25) is 14.9 Å². The van der Waals surface area contributed by atoms with E-state index in [4.69, 9.17) is 20.8 Å². The Morgan fingerprint density at radius 1 is 1.22 bits per heavy atom. The molecule has 4 aromatic rings. The molecule has 4 rings (SSSR count). The average molecular weight is 456 g/mol. The number of rotatable bonds is 6. The third kappa shape index (κ3) is 4.23. The molecule has 3 aromatic carbocycles. The van der Waals surface area contributed by atoms with Crippen molar-refractivity contribution < 1.29 is 23.3 Å². The number of carbonyl (C=O) groups is 1. The summed E-state index contributed by atoms with van der Waals surface area (Å²) in [7, 11) is 0. The number of halogens is 2. The first-order valence-electron chi connectivity index (χ1n) is 9.44. The van der Waals surface area contributed by atoms with Gasteiger partial charge in [-0.2, -0.15) is 0 Å². The Bertz CT molecular complexity index is 1350. The van der Waals surface area contributed by atoms with Crippen LogP contribution in [0.1, 0.15) is 17.3 Å².